The monoisotopic (exact) mass is 220 g/mol. The number of urea groups is 1. The molecule has 0 aromatic heterocycles. The van der Waals surface area contributed by atoms with Crippen molar-refractivity contribution >= 4 is 6.03 Å². The lowest BCUT2D eigenvalue weighted by Gasteiger charge is -2.10. The zero-order valence-corrected chi connectivity index (χ0v) is 10.2. The molecule has 2 N–H and O–H groups in total. The fourth-order valence-corrected chi connectivity index (χ4v) is 1.50. The molecule has 1 aromatic carbocycles. The molecule has 0 atom stereocenters. The van der Waals surface area contributed by atoms with Crippen molar-refractivity contribution in [3.05, 3.63) is 35.4 Å². The molecule has 0 spiro atoms. The van der Waals surface area contributed by atoms with Crippen LogP contribution in [0.5, 0.6) is 0 Å². The molecule has 0 radical (unpaired) electrons. The second kappa shape index (κ2) is 6.16. The highest BCUT2D eigenvalue weighted by Crippen LogP contribution is 2.03. The maximum atomic E-state index is 11.3. The highest BCUT2D eigenvalue weighted by molar-refractivity contribution is 5.74. The Kier molecular flexibility index (Phi) is 4.83. The Morgan fingerprint density at radius 3 is 2.75 bits per heavy atom. The van der Waals surface area contributed by atoms with Crippen LogP contribution in [0.15, 0.2) is 24.3 Å². The summed E-state index contributed by atoms with van der Waals surface area (Å²) in [6.45, 7) is 6.63. The molecule has 0 heterocycles. The second-order valence-corrected chi connectivity index (χ2v) is 4.29. The lowest BCUT2D eigenvalue weighted by Crippen LogP contribution is -2.40. The van der Waals surface area contributed by atoms with Gasteiger partial charge in [-0.05, 0) is 32.8 Å². The van der Waals surface area contributed by atoms with Gasteiger partial charge in [-0.15, -0.1) is 0 Å². The van der Waals surface area contributed by atoms with Crippen LogP contribution in [0.2, 0.25) is 0 Å². The number of carbonyl (C=O) groups excluding carboxylic acids is 1. The topological polar surface area (TPSA) is 41.1 Å². The van der Waals surface area contributed by atoms with E-state index >= 15 is 0 Å². The molecule has 0 unspecified atom stereocenters. The van der Waals surface area contributed by atoms with Gasteiger partial charge in [0.1, 0.15) is 0 Å². The third-order valence-electron chi connectivity index (χ3n) is 2.20. The summed E-state index contributed by atoms with van der Waals surface area (Å²) in [6.07, 6.45) is 0.868. The van der Waals surface area contributed by atoms with Crippen LogP contribution in [-0.4, -0.2) is 18.6 Å². The first-order valence-electron chi connectivity index (χ1n) is 5.68. The molecule has 0 fully saturated rings. The van der Waals surface area contributed by atoms with Crippen LogP contribution in [0.3, 0.4) is 0 Å². The smallest absolute Gasteiger partial charge is 0.314 e. The van der Waals surface area contributed by atoms with Crippen LogP contribution in [0.25, 0.3) is 0 Å². The van der Waals surface area contributed by atoms with Gasteiger partial charge in [0.15, 0.2) is 0 Å². The maximum absolute atomic E-state index is 11.3. The number of benzene rings is 1. The predicted molar refractivity (Wildman–Crippen MR) is 66.6 cm³/mol. The first kappa shape index (κ1) is 12.6. The Morgan fingerprint density at radius 2 is 2.12 bits per heavy atom. The normalized spacial score (nSPS) is 10.2. The summed E-state index contributed by atoms with van der Waals surface area (Å²) in [7, 11) is 0. The molecule has 3 heteroatoms. The van der Waals surface area contributed by atoms with Gasteiger partial charge in [-0.3, -0.25) is 0 Å². The third-order valence-corrected chi connectivity index (χ3v) is 2.20. The van der Waals surface area contributed by atoms with Crippen LogP contribution >= 0.6 is 0 Å². The molecule has 1 aromatic rings. The highest BCUT2D eigenvalue weighted by Gasteiger charge is 2.01. The predicted octanol–water partition coefficient (Wildman–Crippen LogP) is 2.25. The average molecular weight is 220 g/mol. The minimum atomic E-state index is -0.0948. The van der Waals surface area contributed by atoms with Gasteiger partial charge in [-0.2, -0.15) is 0 Å². The number of amides is 2. The van der Waals surface area contributed by atoms with Crippen LogP contribution in [0.4, 0.5) is 4.79 Å². The highest BCUT2D eigenvalue weighted by atomic mass is 16.2. The van der Waals surface area contributed by atoms with E-state index < -0.39 is 0 Å². The largest absolute Gasteiger partial charge is 0.338 e. The molecule has 2 amide bonds. The van der Waals surface area contributed by atoms with Gasteiger partial charge >= 0.3 is 6.03 Å². The van der Waals surface area contributed by atoms with E-state index in [2.05, 4.69) is 35.8 Å². The zero-order valence-electron chi connectivity index (χ0n) is 10.2. The average Bonchev–Trinajstić information content (AvgIpc) is 2.16. The summed E-state index contributed by atoms with van der Waals surface area (Å²) in [5, 5.41) is 5.62. The first-order valence-corrected chi connectivity index (χ1v) is 5.68. The van der Waals surface area contributed by atoms with Crippen molar-refractivity contribution in [2.75, 3.05) is 6.54 Å². The van der Waals surface area contributed by atoms with E-state index in [1.807, 2.05) is 19.9 Å². The molecule has 3 nitrogen and oxygen atoms in total. The summed E-state index contributed by atoms with van der Waals surface area (Å²) >= 11 is 0. The Hall–Kier alpha value is -1.51. The van der Waals surface area contributed by atoms with Gasteiger partial charge in [0.05, 0.1) is 0 Å². The van der Waals surface area contributed by atoms with E-state index in [1.165, 1.54) is 11.1 Å². The van der Waals surface area contributed by atoms with E-state index in [4.69, 9.17) is 0 Å². The van der Waals surface area contributed by atoms with E-state index in [0.29, 0.717) is 6.54 Å². The Bertz CT molecular complexity index is 348. The van der Waals surface area contributed by atoms with E-state index in [0.717, 1.165) is 6.42 Å². The van der Waals surface area contributed by atoms with Crippen LogP contribution in [0, 0.1) is 6.92 Å². The van der Waals surface area contributed by atoms with Crippen molar-refractivity contribution < 1.29 is 4.79 Å². The van der Waals surface area contributed by atoms with Crippen LogP contribution in [0.1, 0.15) is 25.0 Å². The molecular weight excluding hydrogens is 200 g/mol. The fraction of sp³-hybridized carbons (Fsp3) is 0.462. The van der Waals surface area contributed by atoms with Crippen molar-refractivity contribution in [2.45, 2.75) is 33.2 Å². The molecule has 0 aliphatic heterocycles. The molecule has 0 saturated carbocycles. The Morgan fingerprint density at radius 1 is 1.38 bits per heavy atom. The SMILES string of the molecule is Cc1cccc(CCNC(=O)NC(C)C)c1. The number of rotatable bonds is 4. The zero-order chi connectivity index (χ0) is 12.0. The second-order valence-electron chi connectivity index (χ2n) is 4.29. The number of aryl methyl sites for hydroxylation is 1. The molecule has 0 saturated heterocycles. The molecule has 0 bridgehead atoms. The summed E-state index contributed by atoms with van der Waals surface area (Å²) in [5.41, 5.74) is 2.51. The number of hydrogen-bond donors (Lipinski definition) is 2. The molecule has 1 rings (SSSR count). The molecule has 16 heavy (non-hydrogen) atoms. The van der Waals surface area contributed by atoms with E-state index in [9.17, 15) is 4.79 Å². The third kappa shape index (κ3) is 4.82. The van der Waals surface area contributed by atoms with Crippen molar-refractivity contribution in [3.63, 3.8) is 0 Å². The maximum Gasteiger partial charge on any atom is 0.314 e. The summed E-state index contributed by atoms with van der Waals surface area (Å²) < 4.78 is 0. The first-order chi connectivity index (χ1) is 7.58. The quantitative estimate of drug-likeness (QED) is 0.802. The summed E-state index contributed by atoms with van der Waals surface area (Å²) in [4.78, 5) is 11.3. The molecular formula is C13H20N2O. The standard InChI is InChI=1S/C13H20N2O/c1-10(2)15-13(16)14-8-7-12-6-4-5-11(3)9-12/h4-6,9-10H,7-8H2,1-3H3,(H2,14,15,16). The molecule has 0 aliphatic carbocycles. The van der Waals surface area contributed by atoms with Gasteiger partial charge < -0.3 is 10.6 Å². The van der Waals surface area contributed by atoms with Gasteiger partial charge in [-0.25, -0.2) is 4.79 Å². The van der Waals surface area contributed by atoms with Gasteiger partial charge in [0, 0.05) is 12.6 Å². The van der Waals surface area contributed by atoms with E-state index in [1.54, 1.807) is 0 Å². The van der Waals surface area contributed by atoms with E-state index in [-0.39, 0.29) is 12.1 Å². The lowest BCUT2D eigenvalue weighted by atomic mass is 10.1. The minimum Gasteiger partial charge on any atom is -0.338 e. The number of carbonyl (C=O) groups is 1. The van der Waals surface area contributed by atoms with Gasteiger partial charge in [-0.1, -0.05) is 29.8 Å². The fourth-order valence-electron chi connectivity index (χ4n) is 1.50. The van der Waals surface area contributed by atoms with Crippen molar-refractivity contribution in [1.29, 1.82) is 0 Å². The van der Waals surface area contributed by atoms with Crippen molar-refractivity contribution in [3.8, 4) is 0 Å². The van der Waals surface area contributed by atoms with Crippen LogP contribution in [-0.2, 0) is 6.42 Å². The van der Waals surface area contributed by atoms with Gasteiger partial charge in [0.25, 0.3) is 0 Å². The lowest BCUT2D eigenvalue weighted by molar-refractivity contribution is 0.238. The minimum absolute atomic E-state index is 0.0948. The number of hydrogen-bond acceptors (Lipinski definition) is 1. The number of nitrogens with one attached hydrogen (secondary N) is 2. The van der Waals surface area contributed by atoms with Gasteiger partial charge in [0.2, 0.25) is 0 Å². The van der Waals surface area contributed by atoms with Crippen molar-refractivity contribution in [1.82, 2.24) is 10.6 Å². The summed E-state index contributed by atoms with van der Waals surface area (Å²) in [5.74, 6) is 0. The summed E-state index contributed by atoms with van der Waals surface area (Å²) in [6, 6.07) is 8.42. The van der Waals surface area contributed by atoms with Crippen LogP contribution < -0.4 is 10.6 Å². The molecule has 0 aliphatic rings. The Balaban J connectivity index is 2.28. The van der Waals surface area contributed by atoms with Crippen molar-refractivity contribution in [2.24, 2.45) is 0 Å². The molecule has 88 valence electrons. The Labute approximate surface area is 97.2 Å².